The number of nitrogens with zero attached hydrogens (tertiary/aromatic N) is 3. The Morgan fingerprint density at radius 1 is 1.29 bits per heavy atom. The van der Waals surface area contributed by atoms with Crippen molar-refractivity contribution < 1.29 is 9.59 Å². The molecule has 1 N–H and O–H groups in total. The molecule has 0 saturated carbocycles. The fraction of sp³-hybridized carbons (Fsp3) is 0.375. The largest absolute Gasteiger partial charge is 0.338 e. The Balaban J connectivity index is 1.64. The zero-order valence-corrected chi connectivity index (χ0v) is 14.7. The molecular formula is C16H17ClN4O2S. The lowest BCUT2D eigenvalue weighted by molar-refractivity contribution is -0.121. The summed E-state index contributed by atoms with van der Waals surface area (Å²) in [6, 6.07) is 6.80. The van der Waals surface area contributed by atoms with E-state index in [1.54, 1.807) is 29.2 Å². The van der Waals surface area contributed by atoms with E-state index in [1.807, 2.05) is 6.92 Å². The normalized spacial score (nSPS) is 17.6. The highest BCUT2D eigenvalue weighted by Gasteiger charge is 2.29. The first-order valence-corrected chi connectivity index (χ1v) is 8.88. The Labute approximate surface area is 148 Å². The molecule has 2 amide bonds. The van der Waals surface area contributed by atoms with Gasteiger partial charge in [-0.2, -0.15) is 0 Å². The number of hydrogen-bond donors (Lipinski definition) is 1. The molecule has 1 fully saturated rings. The highest BCUT2D eigenvalue weighted by molar-refractivity contribution is 7.15. The zero-order valence-electron chi connectivity index (χ0n) is 13.2. The van der Waals surface area contributed by atoms with Gasteiger partial charge in [0.1, 0.15) is 5.01 Å². The van der Waals surface area contributed by atoms with Crippen molar-refractivity contribution in [1.29, 1.82) is 0 Å². The van der Waals surface area contributed by atoms with E-state index in [1.165, 1.54) is 11.3 Å². The summed E-state index contributed by atoms with van der Waals surface area (Å²) in [6.07, 6.45) is 1.56. The van der Waals surface area contributed by atoms with Gasteiger partial charge in [-0.05, 0) is 44.0 Å². The third-order valence-electron chi connectivity index (χ3n) is 3.93. The fourth-order valence-corrected chi connectivity index (χ4v) is 3.43. The number of carbonyl (C=O) groups excluding carboxylic acids is 2. The lowest BCUT2D eigenvalue weighted by Gasteiger charge is -2.32. The maximum Gasteiger partial charge on any atom is 0.253 e. The quantitative estimate of drug-likeness (QED) is 0.908. The maximum absolute atomic E-state index is 12.6. The molecule has 0 unspecified atom stereocenters. The fourth-order valence-electron chi connectivity index (χ4n) is 2.71. The molecule has 2 heterocycles. The van der Waals surface area contributed by atoms with Gasteiger partial charge in [0, 0.05) is 23.7 Å². The van der Waals surface area contributed by atoms with Crippen molar-refractivity contribution in [3.05, 3.63) is 39.9 Å². The molecule has 1 aliphatic rings. The Kier molecular flexibility index (Phi) is 5.11. The number of aryl methyl sites for hydroxylation is 1. The van der Waals surface area contributed by atoms with Crippen molar-refractivity contribution in [2.24, 2.45) is 5.92 Å². The number of carbonyl (C=O) groups is 2. The second-order valence-electron chi connectivity index (χ2n) is 5.71. The summed E-state index contributed by atoms with van der Waals surface area (Å²) in [5, 5.41) is 12.5. The van der Waals surface area contributed by atoms with Gasteiger partial charge in [-0.15, -0.1) is 10.2 Å². The van der Waals surface area contributed by atoms with Crippen LogP contribution in [0.4, 0.5) is 5.13 Å². The van der Waals surface area contributed by atoms with E-state index in [-0.39, 0.29) is 17.7 Å². The van der Waals surface area contributed by atoms with E-state index in [4.69, 9.17) is 11.6 Å². The van der Waals surface area contributed by atoms with E-state index in [2.05, 4.69) is 15.5 Å². The molecule has 0 bridgehead atoms. The molecule has 0 radical (unpaired) electrons. The molecule has 0 aliphatic carbocycles. The maximum atomic E-state index is 12.6. The number of anilines is 1. The molecule has 6 nitrogen and oxygen atoms in total. The molecule has 1 aromatic heterocycles. The SMILES string of the molecule is Cc1nnc(NC(=O)[C@@H]2CCCN(C(=O)c3ccc(Cl)cc3)C2)s1. The second-order valence-corrected chi connectivity index (χ2v) is 7.33. The molecule has 2 aromatic rings. The Hall–Kier alpha value is -1.99. The first-order chi connectivity index (χ1) is 11.5. The number of rotatable bonds is 3. The van der Waals surface area contributed by atoms with Crippen molar-refractivity contribution >= 4 is 39.9 Å². The molecule has 1 aromatic carbocycles. The summed E-state index contributed by atoms with van der Waals surface area (Å²) >= 11 is 7.20. The molecule has 1 atom stereocenters. The van der Waals surface area contributed by atoms with Crippen LogP contribution in [0.15, 0.2) is 24.3 Å². The third-order valence-corrected chi connectivity index (χ3v) is 4.93. The molecular weight excluding hydrogens is 348 g/mol. The summed E-state index contributed by atoms with van der Waals surface area (Å²) in [7, 11) is 0. The van der Waals surface area contributed by atoms with Crippen LogP contribution in [0.2, 0.25) is 5.02 Å². The molecule has 3 rings (SSSR count). The predicted octanol–water partition coefficient (Wildman–Crippen LogP) is 2.99. The highest BCUT2D eigenvalue weighted by Crippen LogP contribution is 2.22. The van der Waals surface area contributed by atoms with Gasteiger partial charge >= 0.3 is 0 Å². The minimum absolute atomic E-state index is 0.0732. The van der Waals surface area contributed by atoms with Gasteiger partial charge < -0.3 is 10.2 Å². The van der Waals surface area contributed by atoms with Crippen LogP contribution < -0.4 is 5.32 Å². The van der Waals surface area contributed by atoms with Crippen molar-refractivity contribution in [3.8, 4) is 0 Å². The smallest absolute Gasteiger partial charge is 0.253 e. The molecule has 1 saturated heterocycles. The van der Waals surface area contributed by atoms with Gasteiger partial charge in [0.15, 0.2) is 0 Å². The van der Waals surface area contributed by atoms with Crippen LogP contribution in [0.25, 0.3) is 0 Å². The summed E-state index contributed by atoms with van der Waals surface area (Å²) in [4.78, 5) is 26.7. The zero-order chi connectivity index (χ0) is 17.1. The minimum Gasteiger partial charge on any atom is -0.338 e. The number of amides is 2. The van der Waals surface area contributed by atoms with E-state index in [0.717, 1.165) is 17.8 Å². The predicted molar refractivity (Wildman–Crippen MR) is 93.4 cm³/mol. The van der Waals surface area contributed by atoms with E-state index in [9.17, 15) is 9.59 Å². The van der Waals surface area contributed by atoms with Crippen molar-refractivity contribution in [3.63, 3.8) is 0 Å². The number of aromatic nitrogens is 2. The van der Waals surface area contributed by atoms with Crippen LogP contribution >= 0.6 is 22.9 Å². The van der Waals surface area contributed by atoms with Gasteiger partial charge in [0.05, 0.1) is 5.92 Å². The lowest BCUT2D eigenvalue weighted by atomic mass is 9.96. The van der Waals surface area contributed by atoms with E-state index >= 15 is 0 Å². The van der Waals surface area contributed by atoms with Crippen LogP contribution in [-0.4, -0.2) is 40.0 Å². The van der Waals surface area contributed by atoms with Crippen LogP contribution in [0.3, 0.4) is 0 Å². The summed E-state index contributed by atoms with van der Waals surface area (Å²) in [5.41, 5.74) is 0.584. The van der Waals surface area contributed by atoms with Crippen LogP contribution in [0.5, 0.6) is 0 Å². The van der Waals surface area contributed by atoms with Gasteiger partial charge in [-0.3, -0.25) is 9.59 Å². The lowest BCUT2D eigenvalue weighted by Crippen LogP contribution is -2.43. The van der Waals surface area contributed by atoms with Crippen LogP contribution in [0.1, 0.15) is 28.2 Å². The van der Waals surface area contributed by atoms with Crippen molar-refractivity contribution in [2.75, 3.05) is 18.4 Å². The average molecular weight is 365 g/mol. The third kappa shape index (κ3) is 3.91. The number of benzene rings is 1. The van der Waals surface area contributed by atoms with Crippen molar-refractivity contribution in [1.82, 2.24) is 15.1 Å². The molecule has 1 aliphatic heterocycles. The van der Waals surface area contributed by atoms with Gasteiger partial charge in [-0.25, -0.2) is 0 Å². The molecule has 126 valence electrons. The second kappa shape index (κ2) is 7.27. The van der Waals surface area contributed by atoms with Crippen molar-refractivity contribution in [2.45, 2.75) is 19.8 Å². The minimum atomic E-state index is -0.237. The Morgan fingerprint density at radius 3 is 2.71 bits per heavy atom. The first kappa shape index (κ1) is 16.9. The van der Waals surface area contributed by atoms with Gasteiger partial charge in [0.2, 0.25) is 11.0 Å². The number of nitrogens with one attached hydrogen (secondary N) is 1. The van der Waals surface area contributed by atoms with Crippen LogP contribution in [-0.2, 0) is 4.79 Å². The topological polar surface area (TPSA) is 75.2 Å². The number of piperidine rings is 1. The van der Waals surface area contributed by atoms with Gasteiger partial charge in [0.25, 0.3) is 5.91 Å². The standard InChI is InChI=1S/C16H17ClN4O2S/c1-10-19-20-16(24-10)18-14(22)12-3-2-8-21(9-12)15(23)11-4-6-13(17)7-5-11/h4-7,12H,2-3,8-9H2,1H3,(H,18,20,22)/t12-/m1/s1. The monoisotopic (exact) mass is 364 g/mol. The Morgan fingerprint density at radius 2 is 2.04 bits per heavy atom. The number of hydrogen-bond acceptors (Lipinski definition) is 5. The van der Waals surface area contributed by atoms with E-state index in [0.29, 0.717) is 28.8 Å². The number of halogens is 1. The summed E-state index contributed by atoms with van der Waals surface area (Å²) in [5.74, 6) is -0.421. The van der Waals surface area contributed by atoms with E-state index < -0.39 is 0 Å². The highest BCUT2D eigenvalue weighted by atomic mass is 35.5. The first-order valence-electron chi connectivity index (χ1n) is 7.69. The molecule has 24 heavy (non-hydrogen) atoms. The van der Waals surface area contributed by atoms with Crippen LogP contribution in [0, 0.1) is 12.8 Å². The molecule has 0 spiro atoms. The number of likely N-dealkylation sites (tertiary alicyclic amines) is 1. The summed E-state index contributed by atoms with van der Waals surface area (Å²) in [6.45, 7) is 2.90. The average Bonchev–Trinajstić information content (AvgIpc) is 3.00. The molecule has 8 heteroatoms. The Bertz CT molecular complexity index is 747. The van der Waals surface area contributed by atoms with Gasteiger partial charge in [-0.1, -0.05) is 22.9 Å². The summed E-state index contributed by atoms with van der Waals surface area (Å²) < 4.78 is 0.